The third kappa shape index (κ3) is 3.51. The molecule has 1 heterocycles. The third-order valence-corrected chi connectivity index (χ3v) is 2.58. The second-order valence-corrected chi connectivity index (χ2v) is 4.47. The molecule has 86 valence electrons. The van der Waals surface area contributed by atoms with Crippen LogP contribution in [0.25, 0.3) is 0 Å². The molecule has 0 aromatic rings. The summed E-state index contributed by atoms with van der Waals surface area (Å²) in [5.41, 5.74) is -0.977. The van der Waals surface area contributed by atoms with Gasteiger partial charge >= 0.3 is 5.97 Å². The highest BCUT2D eigenvalue weighted by molar-refractivity contribution is 5.79. The first kappa shape index (κ1) is 12.0. The average Bonchev–Trinajstić information content (AvgIpc) is 2.28. The van der Waals surface area contributed by atoms with E-state index in [4.69, 9.17) is 5.11 Å². The Morgan fingerprint density at radius 2 is 2.27 bits per heavy atom. The zero-order valence-corrected chi connectivity index (χ0v) is 9.17. The van der Waals surface area contributed by atoms with Crippen LogP contribution in [0.5, 0.6) is 0 Å². The van der Waals surface area contributed by atoms with Crippen LogP contribution in [0.4, 0.5) is 0 Å². The highest BCUT2D eigenvalue weighted by Crippen LogP contribution is 2.11. The fraction of sp³-hybridized carbons (Fsp3) is 0.800. The maximum absolute atomic E-state index is 11.3. The molecule has 3 N–H and O–H groups in total. The Morgan fingerprint density at radius 3 is 2.87 bits per heavy atom. The van der Waals surface area contributed by atoms with Gasteiger partial charge < -0.3 is 10.4 Å². The highest BCUT2D eigenvalue weighted by atomic mass is 16.4. The molecular weight excluding hydrogens is 196 g/mol. The standard InChI is InChI=1S/C10H18N2O3/c1-10(2,9(14)15)12-7-4-3-5-11-8(13)6-7/h7,12H,3-6H2,1-2H3,(H,11,13)(H,14,15). The number of carboxylic acids is 1. The van der Waals surface area contributed by atoms with Crippen molar-refractivity contribution in [3.05, 3.63) is 0 Å². The van der Waals surface area contributed by atoms with E-state index < -0.39 is 11.5 Å². The third-order valence-electron chi connectivity index (χ3n) is 2.58. The number of carbonyl (C=O) groups excluding carboxylic acids is 1. The van der Waals surface area contributed by atoms with Crippen LogP contribution in [0.3, 0.4) is 0 Å². The predicted molar refractivity (Wildman–Crippen MR) is 55.5 cm³/mol. The molecule has 0 aromatic heterocycles. The highest BCUT2D eigenvalue weighted by Gasteiger charge is 2.31. The van der Waals surface area contributed by atoms with Gasteiger partial charge in [-0.1, -0.05) is 0 Å². The first-order valence-electron chi connectivity index (χ1n) is 5.19. The van der Waals surface area contributed by atoms with Crippen molar-refractivity contribution in [3.8, 4) is 0 Å². The molecule has 0 bridgehead atoms. The lowest BCUT2D eigenvalue weighted by Gasteiger charge is -2.26. The molecule has 5 heteroatoms. The van der Waals surface area contributed by atoms with E-state index in [1.54, 1.807) is 13.8 Å². The lowest BCUT2D eigenvalue weighted by molar-refractivity contribution is -0.144. The van der Waals surface area contributed by atoms with Crippen molar-refractivity contribution in [2.75, 3.05) is 6.54 Å². The number of hydrogen-bond donors (Lipinski definition) is 3. The van der Waals surface area contributed by atoms with Gasteiger partial charge in [0.05, 0.1) is 0 Å². The number of rotatable bonds is 3. The van der Waals surface area contributed by atoms with Crippen LogP contribution in [0.2, 0.25) is 0 Å². The maximum Gasteiger partial charge on any atom is 0.323 e. The Bertz CT molecular complexity index is 263. The molecule has 1 amide bonds. The van der Waals surface area contributed by atoms with Crippen LogP contribution in [0, 0.1) is 0 Å². The molecule has 0 aliphatic carbocycles. The van der Waals surface area contributed by atoms with E-state index >= 15 is 0 Å². The molecule has 1 rings (SSSR count). The SMILES string of the molecule is CC(C)(NC1CCCNC(=O)C1)C(=O)O. The first-order valence-corrected chi connectivity index (χ1v) is 5.19. The van der Waals surface area contributed by atoms with Gasteiger partial charge in [-0.25, -0.2) is 0 Å². The molecule has 0 radical (unpaired) electrons. The predicted octanol–water partition coefficient (Wildman–Crippen LogP) is 0.108. The molecule has 15 heavy (non-hydrogen) atoms. The summed E-state index contributed by atoms with van der Waals surface area (Å²) in [6, 6.07) is -0.0430. The molecule has 0 spiro atoms. The van der Waals surface area contributed by atoms with Crippen molar-refractivity contribution >= 4 is 11.9 Å². The van der Waals surface area contributed by atoms with Gasteiger partial charge in [-0.3, -0.25) is 14.9 Å². The van der Waals surface area contributed by atoms with Gasteiger partial charge in [-0.15, -0.1) is 0 Å². The lowest BCUT2D eigenvalue weighted by Crippen LogP contribution is -2.52. The maximum atomic E-state index is 11.3. The lowest BCUT2D eigenvalue weighted by atomic mass is 10.0. The zero-order chi connectivity index (χ0) is 11.5. The van der Waals surface area contributed by atoms with Gasteiger partial charge in [0.25, 0.3) is 0 Å². The molecule has 1 atom stereocenters. The summed E-state index contributed by atoms with van der Waals surface area (Å²) < 4.78 is 0. The Morgan fingerprint density at radius 1 is 1.60 bits per heavy atom. The number of hydrogen-bond acceptors (Lipinski definition) is 3. The number of aliphatic carboxylic acids is 1. The van der Waals surface area contributed by atoms with E-state index in [1.165, 1.54) is 0 Å². The van der Waals surface area contributed by atoms with Crippen LogP contribution in [-0.2, 0) is 9.59 Å². The normalized spacial score (nSPS) is 23.1. The minimum Gasteiger partial charge on any atom is -0.480 e. The molecule has 5 nitrogen and oxygen atoms in total. The second-order valence-electron chi connectivity index (χ2n) is 4.47. The van der Waals surface area contributed by atoms with Crippen LogP contribution >= 0.6 is 0 Å². The van der Waals surface area contributed by atoms with Crippen molar-refractivity contribution in [2.45, 2.75) is 44.7 Å². The minimum atomic E-state index is -0.977. The van der Waals surface area contributed by atoms with Gasteiger partial charge in [-0.2, -0.15) is 0 Å². The molecular formula is C10H18N2O3. The zero-order valence-electron chi connectivity index (χ0n) is 9.17. The van der Waals surface area contributed by atoms with Crippen LogP contribution in [0.15, 0.2) is 0 Å². The van der Waals surface area contributed by atoms with Gasteiger partial charge in [-0.05, 0) is 26.7 Å². The summed E-state index contributed by atoms with van der Waals surface area (Å²) >= 11 is 0. The Hall–Kier alpha value is -1.10. The smallest absolute Gasteiger partial charge is 0.323 e. The number of carboxylic acid groups (broad SMARTS) is 1. The van der Waals surface area contributed by atoms with Gasteiger partial charge in [0, 0.05) is 19.0 Å². The Kier molecular flexibility index (Phi) is 3.68. The van der Waals surface area contributed by atoms with Gasteiger partial charge in [0.1, 0.15) is 5.54 Å². The summed E-state index contributed by atoms with van der Waals surface area (Å²) in [5.74, 6) is -0.904. The van der Waals surface area contributed by atoms with Gasteiger partial charge in [0.15, 0.2) is 0 Å². The Balaban J connectivity index is 2.56. The van der Waals surface area contributed by atoms with E-state index in [-0.39, 0.29) is 11.9 Å². The largest absolute Gasteiger partial charge is 0.480 e. The van der Waals surface area contributed by atoms with Crippen molar-refractivity contribution < 1.29 is 14.7 Å². The summed E-state index contributed by atoms with van der Waals surface area (Å²) in [7, 11) is 0. The number of carbonyl (C=O) groups is 2. The number of nitrogens with one attached hydrogen (secondary N) is 2. The minimum absolute atomic E-state index is 0.00816. The Labute approximate surface area is 89.2 Å². The fourth-order valence-electron chi connectivity index (χ4n) is 1.67. The molecule has 0 saturated carbocycles. The van der Waals surface area contributed by atoms with Crippen molar-refractivity contribution in [2.24, 2.45) is 0 Å². The summed E-state index contributed by atoms with van der Waals surface area (Å²) in [6.45, 7) is 3.90. The quantitative estimate of drug-likeness (QED) is 0.623. The fourth-order valence-corrected chi connectivity index (χ4v) is 1.67. The molecule has 1 aliphatic heterocycles. The van der Waals surface area contributed by atoms with E-state index in [1.807, 2.05) is 0 Å². The van der Waals surface area contributed by atoms with Gasteiger partial charge in [0.2, 0.25) is 5.91 Å². The van der Waals surface area contributed by atoms with E-state index in [0.29, 0.717) is 13.0 Å². The molecule has 1 aliphatic rings. The first-order chi connectivity index (χ1) is 6.92. The summed E-state index contributed by atoms with van der Waals surface area (Å²) in [4.78, 5) is 22.1. The average molecular weight is 214 g/mol. The van der Waals surface area contributed by atoms with Crippen LogP contribution < -0.4 is 10.6 Å². The topological polar surface area (TPSA) is 78.4 Å². The van der Waals surface area contributed by atoms with E-state index in [9.17, 15) is 9.59 Å². The molecule has 1 fully saturated rings. The van der Waals surface area contributed by atoms with E-state index in [0.717, 1.165) is 12.8 Å². The molecule has 0 aromatic carbocycles. The molecule has 1 saturated heterocycles. The number of amides is 1. The second kappa shape index (κ2) is 4.61. The van der Waals surface area contributed by atoms with Crippen molar-refractivity contribution in [1.82, 2.24) is 10.6 Å². The monoisotopic (exact) mass is 214 g/mol. The summed E-state index contributed by atoms with van der Waals surface area (Å²) in [6.07, 6.45) is 2.07. The van der Waals surface area contributed by atoms with Crippen molar-refractivity contribution in [1.29, 1.82) is 0 Å². The summed E-state index contributed by atoms with van der Waals surface area (Å²) in [5, 5.41) is 14.7. The van der Waals surface area contributed by atoms with Crippen LogP contribution in [0.1, 0.15) is 33.1 Å². The van der Waals surface area contributed by atoms with Crippen molar-refractivity contribution in [3.63, 3.8) is 0 Å². The van der Waals surface area contributed by atoms with E-state index in [2.05, 4.69) is 10.6 Å². The van der Waals surface area contributed by atoms with Crippen LogP contribution in [-0.4, -0.2) is 35.1 Å². The molecule has 1 unspecified atom stereocenters.